The van der Waals surface area contributed by atoms with Gasteiger partial charge in [-0.2, -0.15) is 0 Å². The highest BCUT2D eigenvalue weighted by Gasteiger charge is 2.31. The second-order valence-electron chi connectivity index (χ2n) is 8.22. The van der Waals surface area contributed by atoms with Gasteiger partial charge in [0, 0.05) is 43.7 Å². The van der Waals surface area contributed by atoms with Crippen molar-refractivity contribution in [3.8, 4) is 10.7 Å². The highest BCUT2D eigenvalue weighted by atomic mass is 32.1. The van der Waals surface area contributed by atoms with Crippen LogP contribution in [0.4, 0.5) is 0 Å². The summed E-state index contributed by atoms with van der Waals surface area (Å²) in [4.78, 5) is 38.4. The Bertz CT molecular complexity index is 846. The van der Waals surface area contributed by atoms with Gasteiger partial charge in [0.25, 0.3) is 0 Å². The van der Waals surface area contributed by atoms with Crippen LogP contribution in [0, 0.1) is 11.8 Å². The molecular formula is C22H28N4O2S. The first-order valence-electron chi connectivity index (χ1n) is 10.5. The maximum atomic E-state index is 12.8. The van der Waals surface area contributed by atoms with Crippen LogP contribution in [0.1, 0.15) is 38.3 Å². The monoisotopic (exact) mass is 412 g/mol. The van der Waals surface area contributed by atoms with E-state index in [9.17, 15) is 9.59 Å². The van der Waals surface area contributed by atoms with Crippen LogP contribution < -0.4 is 0 Å². The lowest BCUT2D eigenvalue weighted by molar-refractivity contribution is -0.141. The molecule has 0 saturated carbocycles. The van der Waals surface area contributed by atoms with Gasteiger partial charge in [0.15, 0.2) is 0 Å². The Morgan fingerprint density at radius 3 is 2.69 bits per heavy atom. The summed E-state index contributed by atoms with van der Waals surface area (Å²) in [5, 5.41) is 2.78. The summed E-state index contributed by atoms with van der Waals surface area (Å²) in [7, 11) is 0. The SMILES string of the molecule is CC1CCCN(C(=O)C2CCN(C(=O)Cc3csc(-c4ccccn4)n3)CC2)C1. The molecule has 2 aromatic heterocycles. The van der Waals surface area contributed by atoms with Gasteiger partial charge in [0.05, 0.1) is 17.8 Å². The molecule has 1 atom stereocenters. The third kappa shape index (κ3) is 4.83. The Labute approximate surface area is 176 Å². The summed E-state index contributed by atoms with van der Waals surface area (Å²) in [6.07, 6.45) is 5.92. The number of aromatic nitrogens is 2. The molecule has 2 aromatic rings. The van der Waals surface area contributed by atoms with Crippen LogP contribution in [0.2, 0.25) is 0 Å². The number of amides is 2. The maximum Gasteiger partial charge on any atom is 0.228 e. The fourth-order valence-corrected chi connectivity index (χ4v) is 5.08. The third-order valence-electron chi connectivity index (χ3n) is 5.93. The van der Waals surface area contributed by atoms with Crippen LogP contribution in [0.25, 0.3) is 10.7 Å². The molecule has 4 heterocycles. The Balaban J connectivity index is 1.28. The molecule has 0 spiro atoms. The number of carbonyl (C=O) groups excluding carboxylic acids is 2. The molecule has 2 aliphatic rings. The molecule has 7 heteroatoms. The molecule has 0 aliphatic carbocycles. The Morgan fingerprint density at radius 1 is 1.14 bits per heavy atom. The van der Waals surface area contributed by atoms with Gasteiger partial charge >= 0.3 is 0 Å². The van der Waals surface area contributed by atoms with E-state index in [2.05, 4.69) is 16.9 Å². The summed E-state index contributed by atoms with van der Waals surface area (Å²) >= 11 is 1.52. The molecule has 29 heavy (non-hydrogen) atoms. The number of thiazole rings is 1. The molecule has 2 aliphatic heterocycles. The van der Waals surface area contributed by atoms with Crippen molar-refractivity contribution in [2.24, 2.45) is 11.8 Å². The Kier molecular flexibility index (Phi) is 6.23. The molecule has 2 saturated heterocycles. The minimum absolute atomic E-state index is 0.0689. The van der Waals surface area contributed by atoms with Gasteiger partial charge in [-0.05, 0) is 43.7 Å². The lowest BCUT2D eigenvalue weighted by atomic mass is 9.92. The fraction of sp³-hybridized carbons (Fsp3) is 0.545. The lowest BCUT2D eigenvalue weighted by Gasteiger charge is -2.37. The number of carbonyl (C=O) groups is 2. The van der Waals surface area contributed by atoms with Crippen LogP contribution >= 0.6 is 11.3 Å². The molecule has 2 fully saturated rings. The van der Waals surface area contributed by atoms with Crippen LogP contribution in [0.5, 0.6) is 0 Å². The van der Waals surface area contributed by atoms with Gasteiger partial charge in [0.2, 0.25) is 11.8 Å². The second-order valence-corrected chi connectivity index (χ2v) is 9.08. The highest BCUT2D eigenvalue weighted by molar-refractivity contribution is 7.13. The van der Waals surface area contributed by atoms with Crippen molar-refractivity contribution < 1.29 is 9.59 Å². The van der Waals surface area contributed by atoms with Gasteiger partial charge < -0.3 is 9.80 Å². The zero-order chi connectivity index (χ0) is 20.2. The smallest absolute Gasteiger partial charge is 0.228 e. The normalized spacial score (nSPS) is 20.7. The van der Waals surface area contributed by atoms with E-state index >= 15 is 0 Å². The van der Waals surface area contributed by atoms with Crippen molar-refractivity contribution >= 4 is 23.2 Å². The zero-order valence-corrected chi connectivity index (χ0v) is 17.7. The standard InChI is InChI=1S/C22H28N4O2S/c1-16-5-4-10-26(14-16)22(28)17-7-11-25(12-8-17)20(27)13-18-15-29-21(24-18)19-6-2-3-9-23-19/h2-3,6,9,15-17H,4-5,7-8,10-14H2,1H3. The van der Waals surface area contributed by atoms with E-state index in [-0.39, 0.29) is 11.8 Å². The van der Waals surface area contributed by atoms with Crippen LogP contribution in [-0.4, -0.2) is 57.8 Å². The summed E-state index contributed by atoms with van der Waals surface area (Å²) in [5.74, 6) is 1.06. The number of nitrogens with zero attached hydrogens (tertiary/aromatic N) is 4. The van der Waals surface area contributed by atoms with E-state index in [1.807, 2.05) is 33.4 Å². The minimum atomic E-state index is 0.0689. The topological polar surface area (TPSA) is 66.4 Å². The quantitative estimate of drug-likeness (QED) is 0.773. The summed E-state index contributed by atoms with van der Waals surface area (Å²) in [5.41, 5.74) is 1.63. The second kappa shape index (κ2) is 9.03. The molecule has 0 radical (unpaired) electrons. The van der Waals surface area contributed by atoms with Gasteiger partial charge in [0.1, 0.15) is 5.01 Å². The van der Waals surface area contributed by atoms with E-state index < -0.39 is 0 Å². The predicted octanol–water partition coefficient (Wildman–Crippen LogP) is 3.24. The first-order valence-corrected chi connectivity index (χ1v) is 11.4. The van der Waals surface area contributed by atoms with Crippen molar-refractivity contribution in [2.45, 2.75) is 39.0 Å². The lowest BCUT2D eigenvalue weighted by Crippen LogP contribution is -2.47. The fourth-order valence-electron chi connectivity index (χ4n) is 4.29. The van der Waals surface area contributed by atoms with E-state index in [4.69, 9.17) is 0 Å². The number of piperidine rings is 2. The maximum absolute atomic E-state index is 12.8. The first-order chi connectivity index (χ1) is 14.1. The van der Waals surface area contributed by atoms with Gasteiger partial charge in [-0.1, -0.05) is 13.0 Å². The van der Waals surface area contributed by atoms with Crippen LogP contribution in [0.3, 0.4) is 0 Å². The van der Waals surface area contributed by atoms with E-state index in [0.717, 1.165) is 48.7 Å². The van der Waals surface area contributed by atoms with Gasteiger partial charge in [-0.25, -0.2) is 4.98 Å². The number of hydrogen-bond donors (Lipinski definition) is 0. The third-order valence-corrected chi connectivity index (χ3v) is 6.85. The summed E-state index contributed by atoms with van der Waals surface area (Å²) in [6, 6.07) is 5.74. The molecule has 0 aromatic carbocycles. The van der Waals surface area contributed by atoms with E-state index in [1.165, 1.54) is 17.8 Å². The number of pyridine rings is 1. The summed E-state index contributed by atoms with van der Waals surface area (Å²) in [6.45, 7) is 5.33. The molecule has 4 rings (SSSR count). The zero-order valence-electron chi connectivity index (χ0n) is 16.9. The molecule has 6 nitrogen and oxygen atoms in total. The van der Waals surface area contributed by atoms with E-state index in [1.54, 1.807) is 6.20 Å². The number of likely N-dealkylation sites (tertiary alicyclic amines) is 2. The minimum Gasteiger partial charge on any atom is -0.342 e. The van der Waals surface area contributed by atoms with Crippen molar-refractivity contribution in [1.29, 1.82) is 0 Å². The van der Waals surface area contributed by atoms with Crippen molar-refractivity contribution in [2.75, 3.05) is 26.2 Å². The largest absolute Gasteiger partial charge is 0.342 e. The average molecular weight is 413 g/mol. The van der Waals surface area contributed by atoms with Gasteiger partial charge in [-0.3, -0.25) is 14.6 Å². The van der Waals surface area contributed by atoms with Crippen molar-refractivity contribution in [1.82, 2.24) is 19.8 Å². The highest BCUT2D eigenvalue weighted by Crippen LogP contribution is 2.25. The van der Waals surface area contributed by atoms with E-state index in [0.29, 0.717) is 31.3 Å². The Morgan fingerprint density at radius 2 is 1.97 bits per heavy atom. The molecular weight excluding hydrogens is 384 g/mol. The molecule has 2 amide bonds. The molecule has 0 N–H and O–H groups in total. The Hall–Kier alpha value is -2.28. The van der Waals surface area contributed by atoms with Crippen molar-refractivity contribution in [3.05, 3.63) is 35.5 Å². The number of rotatable bonds is 4. The summed E-state index contributed by atoms with van der Waals surface area (Å²) < 4.78 is 0. The van der Waals surface area contributed by atoms with Crippen molar-refractivity contribution in [3.63, 3.8) is 0 Å². The van der Waals surface area contributed by atoms with Crippen LogP contribution in [-0.2, 0) is 16.0 Å². The first kappa shape index (κ1) is 20.0. The molecule has 0 bridgehead atoms. The predicted molar refractivity (Wildman–Crippen MR) is 113 cm³/mol. The van der Waals surface area contributed by atoms with Crippen LogP contribution in [0.15, 0.2) is 29.8 Å². The molecule has 1 unspecified atom stereocenters. The average Bonchev–Trinajstić information content (AvgIpc) is 3.22. The number of hydrogen-bond acceptors (Lipinski definition) is 5. The molecule has 154 valence electrons. The van der Waals surface area contributed by atoms with Gasteiger partial charge in [-0.15, -0.1) is 11.3 Å².